The molecule has 2 heterocycles. The normalized spacial score (nSPS) is 18.0. The number of hydrogen-bond donors (Lipinski definition) is 6. The predicted octanol–water partition coefficient (Wildman–Crippen LogP) is -0.198. The first-order valence-corrected chi connectivity index (χ1v) is 14.6. The third-order valence-electron chi connectivity index (χ3n) is 5.00. The molecule has 0 atom stereocenters. The topological polar surface area (TPSA) is 276 Å². The monoisotopic (exact) mass is 582 g/mol. The Morgan fingerprint density at radius 1 is 0.500 bits per heavy atom. The molecule has 0 fully saturated rings. The van der Waals surface area contributed by atoms with Crippen molar-refractivity contribution >= 4 is 63.4 Å². The van der Waals surface area contributed by atoms with Crippen molar-refractivity contribution in [2.45, 2.75) is 19.6 Å². The summed E-state index contributed by atoms with van der Waals surface area (Å²) in [5.41, 5.74) is -4.46. The van der Waals surface area contributed by atoms with Crippen molar-refractivity contribution < 1.29 is 61.5 Å². The molecule has 0 saturated carbocycles. The number of carbonyl (C=O) groups is 2. The molecule has 4 rings (SSSR count). The minimum Gasteiger partial charge on any atom is -0.349 e. The van der Waals surface area contributed by atoms with Gasteiger partial charge in [-0.3, -0.25) is 27.8 Å². The van der Waals surface area contributed by atoms with E-state index in [1.165, 1.54) is 0 Å². The van der Waals surface area contributed by atoms with E-state index in [4.69, 9.17) is 0 Å². The van der Waals surface area contributed by atoms with Gasteiger partial charge >= 0.3 is 0 Å². The van der Waals surface area contributed by atoms with Gasteiger partial charge in [0.1, 0.15) is 21.2 Å². The third kappa shape index (κ3) is 4.18. The standard InChI is InChI=1S/C16H10N2O14S4/c19-15-7-1-5(33(21,22)23)3-9(35(27,28)29)11(7)17-13(15)14-16(20)8-2-6(34(24,25)26)4-10(12(8)18-14)36(30,31)32/h1-4,17-18H,(H,21,22,23)(H,24,25,26)(H,27,28,29)(H,30,31,32)/b14-13+. The van der Waals surface area contributed by atoms with E-state index in [0.29, 0.717) is 24.3 Å². The summed E-state index contributed by atoms with van der Waals surface area (Å²) in [7, 11) is -20.6. The summed E-state index contributed by atoms with van der Waals surface area (Å²) in [5.74, 6) is -2.51. The first-order valence-electron chi connectivity index (χ1n) is 8.85. The molecule has 0 bridgehead atoms. The van der Waals surface area contributed by atoms with Crippen molar-refractivity contribution in [2.75, 3.05) is 10.6 Å². The highest BCUT2D eigenvalue weighted by Gasteiger charge is 2.41. The van der Waals surface area contributed by atoms with Crippen LogP contribution >= 0.6 is 0 Å². The Hall–Kier alpha value is -3.24. The van der Waals surface area contributed by atoms with Crippen molar-refractivity contribution in [3.05, 3.63) is 46.8 Å². The Kier molecular flexibility index (Phi) is 5.48. The van der Waals surface area contributed by atoms with Crippen LogP contribution in [-0.2, 0) is 40.5 Å². The van der Waals surface area contributed by atoms with Gasteiger partial charge in [0.25, 0.3) is 40.5 Å². The predicted molar refractivity (Wildman–Crippen MR) is 115 cm³/mol. The Bertz CT molecular complexity index is 1760. The quantitative estimate of drug-likeness (QED) is 0.201. The van der Waals surface area contributed by atoms with Gasteiger partial charge < -0.3 is 10.6 Å². The minimum absolute atomic E-state index is 0.324. The number of anilines is 2. The van der Waals surface area contributed by atoms with Gasteiger partial charge in [-0.25, -0.2) is 0 Å². The van der Waals surface area contributed by atoms with Gasteiger partial charge in [0.15, 0.2) is 0 Å². The highest BCUT2D eigenvalue weighted by molar-refractivity contribution is 7.87. The molecule has 0 radical (unpaired) electrons. The first-order chi connectivity index (χ1) is 16.2. The summed E-state index contributed by atoms with van der Waals surface area (Å²) in [6, 6.07) is 1.72. The molecule has 6 N–H and O–H groups in total. The highest BCUT2D eigenvalue weighted by atomic mass is 32.2. The maximum atomic E-state index is 13.0. The molecule has 0 aliphatic carbocycles. The molecule has 2 aliphatic heterocycles. The smallest absolute Gasteiger partial charge is 0.296 e. The van der Waals surface area contributed by atoms with E-state index in [1.807, 2.05) is 0 Å². The molecular formula is C16H10N2O14S4. The second-order valence-corrected chi connectivity index (χ2v) is 12.9. The minimum atomic E-state index is -5.22. The molecule has 2 aromatic rings. The number of allylic oxidation sites excluding steroid dienone is 2. The lowest BCUT2D eigenvalue weighted by Crippen LogP contribution is -2.13. The van der Waals surface area contributed by atoms with Crippen LogP contribution in [0.25, 0.3) is 0 Å². The van der Waals surface area contributed by atoms with Gasteiger partial charge in [-0.1, -0.05) is 0 Å². The van der Waals surface area contributed by atoms with Crippen LogP contribution in [0.2, 0.25) is 0 Å². The summed E-state index contributed by atoms with van der Waals surface area (Å²) in [4.78, 5) is 21.4. The fourth-order valence-electron chi connectivity index (χ4n) is 3.49. The van der Waals surface area contributed by atoms with Crippen molar-refractivity contribution in [1.82, 2.24) is 0 Å². The van der Waals surface area contributed by atoms with Crippen LogP contribution in [0.4, 0.5) is 11.4 Å². The second kappa shape index (κ2) is 7.63. The lowest BCUT2D eigenvalue weighted by atomic mass is 10.1. The largest absolute Gasteiger partial charge is 0.349 e. The van der Waals surface area contributed by atoms with E-state index >= 15 is 0 Å². The Morgan fingerprint density at radius 3 is 1.06 bits per heavy atom. The Balaban J connectivity index is 1.98. The molecule has 2 aliphatic rings. The first kappa shape index (κ1) is 25.8. The van der Waals surface area contributed by atoms with Crippen LogP contribution in [0.15, 0.2) is 55.2 Å². The summed E-state index contributed by atoms with van der Waals surface area (Å²) in [6.45, 7) is 0. The zero-order valence-electron chi connectivity index (χ0n) is 16.8. The maximum Gasteiger partial charge on any atom is 0.296 e. The van der Waals surface area contributed by atoms with E-state index in [0.717, 1.165) is 0 Å². The number of benzene rings is 2. The summed E-state index contributed by atoms with van der Waals surface area (Å²) < 4.78 is 131. The summed E-state index contributed by atoms with van der Waals surface area (Å²) in [5, 5.41) is 4.40. The summed E-state index contributed by atoms with van der Waals surface area (Å²) in [6.07, 6.45) is 0. The number of hydrogen-bond acceptors (Lipinski definition) is 12. The summed E-state index contributed by atoms with van der Waals surface area (Å²) >= 11 is 0. The zero-order chi connectivity index (χ0) is 27.2. The molecular weight excluding hydrogens is 572 g/mol. The molecule has 36 heavy (non-hydrogen) atoms. The van der Waals surface area contributed by atoms with E-state index in [9.17, 15) is 61.5 Å². The van der Waals surface area contributed by atoms with Crippen molar-refractivity contribution in [1.29, 1.82) is 0 Å². The third-order valence-corrected chi connectivity index (χ3v) is 8.41. The number of rotatable bonds is 4. The number of fused-ring (bicyclic) bond motifs is 2. The molecule has 0 saturated heterocycles. The highest BCUT2D eigenvalue weighted by Crippen LogP contribution is 2.42. The van der Waals surface area contributed by atoms with Crippen LogP contribution in [0.5, 0.6) is 0 Å². The molecule has 16 nitrogen and oxygen atoms in total. The lowest BCUT2D eigenvalue weighted by Gasteiger charge is -2.08. The van der Waals surface area contributed by atoms with Gasteiger partial charge in [-0.05, 0) is 24.3 Å². The molecule has 0 aromatic heterocycles. The number of ketones is 2. The van der Waals surface area contributed by atoms with Crippen molar-refractivity contribution in [3.8, 4) is 0 Å². The van der Waals surface area contributed by atoms with Crippen molar-refractivity contribution in [3.63, 3.8) is 0 Å². The second-order valence-electron chi connectivity index (χ2n) is 7.25. The molecule has 0 unspecified atom stereocenters. The van der Waals surface area contributed by atoms with Gasteiger partial charge in [0.2, 0.25) is 11.6 Å². The number of Topliss-reactive ketones (excluding diaryl/α,β-unsaturated/α-hetero) is 2. The van der Waals surface area contributed by atoms with E-state index in [-0.39, 0.29) is 0 Å². The number of carbonyl (C=O) groups excluding carboxylic acids is 2. The van der Waals surface area contributed by atoms with E-state index in [2.05, 4.69) is 10.6 Å². The lowest BCUT2D eigenvalue weighted by molar-refractivity contribution is 0.101. The number of nitrogens with one attached hydrogen (secondary N) is 2. The maximum absolute atomic E-state index is 13.0. The fraction of sp³-hybridized carbons (Fsp3) is 0. The molecule has 192 valence electrons. The van der Waals surface area contributed by atoms with E-state index in [1.54, 1.807) is 0 Å². The van der Waals surface area contributed by atoms with Gasteiger partial charge in [-0.15, -0.1) is 0 Å². The average Bonchev–Trinajstić information content (AvgIpc) is 3.21. The average molecular weight is 583 g/mol. The van der Waals surface area contributed by atoms with Gasteiger partial charge in [-0.2, -0.15) is 33.7 Å². The van der Waals surface area contributed by atoms with Crippen LogP contribution in [-0.4, -0.2) is 63.4 Å². The van der Waals surface area contributed by atoms with Gasteiger partial charge in [0.05, 0.1) is 32.3 Å². The molecule has 2 aromatic carbocycles. The SMILES string of the molecule is O=C1/C(=C2\Nc3c(cc(S(=O)(=O)O)cc3S(=O)(=O)O)C2=O)Nc2c1cc(S(=O)(=O)O)cc2S(=O)(=O)O. The molecule has 0 amide bonds. The fourth-order valence-corrected chi connectivity index (χ4v) is 6.09. The molecule has 20 heteroatoms. The Labute approximate surface area is 201 Å². The van der Waals surface area contributed by atoms with Gasteiger partial charge in [0, 0.05) is 0 Å². The van der Waals surface area contributed by atoms with Crippen LogP contribution < -0.4 is 10.6 Å². The Morgan fingerprint density at radius 2 is 0.806 bits per heavy atom. The molecule has 0 spiro atoms. The van der Waals surface area contributed by atoms with Crippen LogP contribution in [0.1, 0.15) is 20.7 Å². The van der Waals surface area contributed by atoms with Crippen molar-refractivity contribution in [2.24, 2.45) is 0 Å². The zero-order valence-corrected chi connectivity index (χ0v) is 20.1. The van der Waals surface area contributed by atoms with Crippen LogP contribution in [0, 0.1) is 0 Å². The van der Waals surface area contributed by atoms with Crippen LogP contribution in [0.3, 0.4) is 0 Å². The van der Waals surface area contributed by atoms with E-state index < -0.39 is 106 Å².